The zero-order valence-electron chi connectivity index (χ0n) is 14.2. The van der Waals surface area contributed by atoms with E-state index in [1.54, 1.807) is 6.92 Å². The lowest BCUT2D eigenvalue weighted by Gasteiger charge is -2.46. The highest BCUT2D eigenvalue weighted by atomic mass is 16.7. The molecule has 134 valence electrons. The van der Waals surface area contributed by atoms with Crippen molar-refractivity contribution in [2.45, 2.75) is 38.6 Å². The second kappa shape index (κ2) is 6.04. The van der Waals surface area contributed by atoms with Crippen LogP contribution in [0.2, 0.25) is 0 Å². The molecule has 0 aromatic heterocycles. The van der Waals surface area contributed by atoms with E-state index in [1.807, 2.05) is 25.1 Å². The molecular formula is C19H22O6. The smallest absolute Gasteiger partial charge is 0.231 e. The number of aliphatic hydroxyl groups is 2. The van der Waals surface area contributed by atoms with Gasteiger partial charge in [0.1, 0.15) is 6.10 Å². The average molecular weight is 346 g/mol. The van der Waals surface area contributed by atoms with Crippen LogP contribution < -0.4 is 9.47 Å². The van der Waals surface area contributed by atoms with E-state index in [-0.39, 0.29) is 24.4 Å². The third-order valence-corrected chi connectivity index (χ3v) is 5.67. The standard InChI is InChI=1S/C19H22O6/c1-9-16(20)10(2)19-15(17(9)21)18(22)12(7-23-19)5-11-3-4-13-14(6-11)25-8-24-13/h3-4,6-7,9-10,15-17,19-21H,5,8H2,1-2H3. The number of rotatable bonds is 2. The number of allylic oxidation sites excluding steroid dienone is 1. The Kier molecular flexibility index (Phi) is 3.96. The molecule has 1 fully saturated rings. The lowest BCUT2D eigenvalue weighted by atomic mass is 9.67. The molecule has 3 aliphatic rings. The van der Waals surface area contributed by atoms with Crippen molar-refractivity contribution in [3.63, 3.8) is 0 Å². The van der Waals surface area contributed by atoms with Crippen LogP contribution in [-0.2, 0) is 16.0 Å². The third-order valence-electron chi connectivity index (χ3n) is 5.67. The lowest BCUT2D eigenvalue weighted by Crippen LogP contribution is -2.58. The highest BCUT2D eigenvalue weighted by Crippen LogP contribution is 2.41. The summed E-state index contributed by atoms with van der Waals surface area (Å²) in [4.78, 5) is 13.0. The molecule has 0 amide bonds. The maximum absolute atomic E-state index is 13.0. The van der Waals surface area contributed by atoms with Crippen molar-refractivity contribution in [3.8, 4) is 11.5 Å². The summed E-state index contributed by atoms with van der Waals surface area (Å²) < 4.78 is 16.4. The molecule has 1 aromatic carbocycles. The van der Waals surface area contributed by atoms with Crippen LogP contribution in [0, 0.1) is 17.8 Å². The summed E-state index contributed by atoms with van der Waals surface area (Å²) in [6, 6.07) is 5.57. The van der Waals surface area contributed by atoms with Gasteiger partial charge in [0.05, 0.1) is 24.4 Å². The molecule has 6 atom stereocenters. The number of Topliss-reactive ketones (excluding diaryl/α,β-unsaturated/α-hetero) is 1. The van der Waals surface area contributed by atoms with Crippen LogP contribution in [0.1, 0.15) is 19.4 Å². The fourth-order valence-corrected chi connectivity index (χ4v) is 4.07. The van der Waals surface area contributed by atoms with Gasteiger partial charge in [0.2, 0.25) is 6.79 Å². The van der Waals surface area contributed by atoms with Crippen molar-refractivity contribution in [2.24, 2.45) is 17.8 Å². The van der Waals surface area contributed by atoms with Crippen LogP contribution in [0.4, 0.5) is 0 Å². The van der Waals surface area contributed by atoms with E-state index in [4.69, 9.17) is 14.2 Å². The summed E-state index contributed by atoms with van der Waals surface area (Å²) in [5.74, 6) is 0.0467. The molecule has 1 saturated carbocycles. The van der Waals surface area contributed by atoms with Crippen LogP contribution in [0.5, 0.6) is 11.5 Å². The molecule has 0 spiro atoms. The van der Waals surface area contributed by atoms with Gasteiger partial charge in [0, 0.05) is 23.8 Å². The molecule has 0 radical (unpaired) electrons. The molecule has 0 bridgehead atoms. The predicted octanol–water partition coefficient (Wildman–Crippen LogP) is 1.43. The molecule has 2 aliphatic heterocycles. The number of hydrogen-bond acceptors (Lipinski definition) is 6. The van der Waals surface area contributed by atoms with Crippen LogP contribution >= 0.6 is 0 Å². The first-order valence-electron chi connectivity index (χ1n) is 8.60. The van der Waals surface area contributed by atoms with E-state index in [2.05, 4.69) is 0 Å². The Morgan fingerprint density at radius 1 is 1.08 bits per heavy atom. The van der Waals surface area contributed by atoms with Crippen molar-refractivity contribution >= 4 is 5.78 Å². The number of ether oxygens (including phenoxy) is 3. The topological polar surface area (TPSA) is 85.2 Å². The lowest BCUT2D eigenvalue weighted by molar-refractivity contribution is -0.164. The van der Waals surface area contributed by atoms with E-state index in [1.165, 1.54) is 6.26 Å². The third kappa shape index (κ3) is 2.60. The minimum absolute atomic E-state index is 0.105. The average Bonchev–Trinajstić information content (AvgIpc) is 3.07. The number of benzene rings is 1. The summed E-state index contributed by atoms with van der Waals surface area (Å²) in [5, 5.41) is 20.8. The highest BCUT2D eigenvalue weighted by Gasteiger charge is 2.52. The van der Waals surface area contributed by atoms with Crippen molar-refractivity contribution in [1.29, 1.82) is 0 Å². The number of aliphatic hydroxyl groups excluding tert-OH is 2. The van der Waals surface area contributed by atoms with Crippen LogP contribution in [0.3, 0.4) is 0 Å². The maximum Gasteiger partial charge on any atom is 0.231 e. The second-order valence-electron chi connectivity index (χ2n) is 7.20. The van der Waals surface area contributed by atoms with E-state index >= 15 is 0 Å². The van der Waals surface area contributed by atoms with Crippen LogP contribution in [-0.4, -0.2) is 41.1 Å². The second-order valence-corrected chi connectivity index (χ2v) is 7.20. The van der Waals surface area contributed by atoms with Crippen molar-refractivity contribution in [2.75, 3.05) is 6.79 Å². The molecule has 1 aromatic rings. The molecule has 25 heavy (non-hydrogen) atoms. The number of fused-ring (bicyclic) bond motifs is 2. The predicted molar refractivity (Wildman–Crippen MR) is 88.1 cm³/mol. The fourth-order valence-electron chi connectivity index (χ4n) is 4.07. The van der Waals surface area contributed by atoms with Crippen LogP contribution in [0.25, 0.3) is 0 Å². The SMILES string of the molecule is CC1C(O)C(C)C2OC=C(Cc3ccc4c(c3)OCO4)C(=O)C2C1O. The number of carbonyl (C=O) groups is 1. The Balaban J connectivity index is 1.58. The molecule has 6 heteroatoms. The minimum atomic E-state index is -0.913. The zero-order chi connectivity index (χ0) is 17.7. The van der Waals surface area contributed by atoms with Gasteiger partial charge in [-0.25, -0.2) is 0 Å². The molecular weight excluding hydrogens is 324 g/mol. The first-order chi connectivity index (χ1) is 12.0. The van der Waals surface area contributed by atoms with Gasteiger partial charge in [0.15, 0.2) is 17.3 Å². The first kappa shape index (κ1) is 16.4. The Bertz CT molecular complexity index is 727. The van der Waals surface area contributed by atoms with Gasteiger partial charge >= 0.3 is 0 Å². The Morgan fingerprint density at radius 2 is 1.84 bits per heavy atom. The van der Waals surface area contributed by atoms with Crippen LogP contribution in [0.15, 0.2) is 30.0 Å². The summed E-state index contributed by atoms with van der Waals surface area (Å²) >= 11 is 0. The van der Waals surface area contributed by atoms with Gasteiger partial charge in [-0.3, -0.25) is 4.79 Å². The van der Waals surface area contributed by atoms with E-state index in [0.717, 1.165) is 5.56 Å². The Hall–Kier alpha value is -2.05. The zero-order valence-corrected chi connectivity index (χ0v) is 14.2. The number of ketones is 1. The highest BCUT2D eigenvalue weighted by molar-refractivity contribution is 5.99. The maximum atomic E-state index is 13.0. The molecule has 2 heterocycles. The molecule has 2 N–H and O–H groups in total. The Labute approximate surface area is 146 Å². The first-order valence-corrected chi connectivity index (χ1v) is 8.60. The summed E-state index contributed by atoms with van der Waals surface area (Å²) in [6.45, 7) is 3.83. The number of hydrogen-bond donors (Lipinski definition) is 2. The van der Waals surface area contributed by atoms with Gasteiger partial charge in [-0.1, -0.05) is 19.9 Å². The van der Waals surface area contributed by atoms with Gasteiger partial charge in [-0.05, 0) is 17.7 Å². The Morgan fingerprint density at radius 3 is 2.64 bits per heavy atom. The molecule has 6 unspecified atom stereocenters. The molecule has 1 aliphatic carbocycles. The minimum Gasteiger partial charge on any atom is -0.496 e. The summed E-state index contributed by atoms with van der Waals surface area (Å²) in [6.07, 6.45) is -0.206. The van der Waals surface area contributed by atoms with Crippen molar-refractivity contribution < 1.29 is 29.2 Å². The van der Waals surface area contributed by atoms with E-state index in [0.29, 0.717) is 23.5 Å². The van der Waals surface area contributed by atoms with Gasteiger partial charge in [-0.2, -0.15) is 0 Å². The largest absolute Gasteiger partial charge is 0.496 e. The molecule has 0 saturated heterocycles. The summed E-state index contributed by atoms with van der Waals surface area (Å²) in [7, 11) is 0. The summed E-state index contributed by atoms with van der Waals surface area (Å²) in [5.41, 5.74) is 1.44. The normalized spacial score (nSPS) is 36.5. The number of carbonyl (C=O) groups excluding carboxylic acids is 1. The van der Waals surface area contributed by atoms with Gasteiger partial charge < -0.3 is 24.4 Å². The van der Waals surface area contributed by atoms with Crippen molar-refractivity contribution in [1.82, 2.24) is 0 Å². The van der Waals surface area contributed by atoms with Crippen molar-refractivity contribution in [3.05, 3.63) is 35.6 Å². The van der Waals surface area contributed by atoms with E-state index in [9.17, 15) is 15.0 Å². The van der Waals surface area contributed by atoms with E-state index < -0.39 is 24.2 Å². The fraction of sp³-hybridized carbons (Fsp3) is 0.526. The van der Waals surface area contributed by atoms with Gasteiger partial charge in [-0.15, -0.1) is 0 Å². The molecule has 4 rings (SSSR count). The molecule has 6 nitrogen and oxygen atoms in total. The quantitative estimate of drug-likeness (QED) is 0.843. The monoisotopic (exact) mass is 346 g/mol. The van der Waals surface area contributed by atoms with Gasteiger partial charge in [0.25, 0.3) is 0 Å².